The highest BCUT2D eigenvalue weighted by molar-refractivity contribution is 5.83. The van der Waals surface area contributed by atoms with Crippen LogP contribution in [0.5, 0.6) is 0 Å². The normalized spacial score (nSPS) is 11.5. The van der Waals surface area contributed by atoms with Gasteiger partial charge in [0.25, 0.3) is 0 Å². The average Bonchev–Trinajstić information content (AvgIpc) is 2.45. The Morgan fingerprint density at radius 3 is 2.57 bits per heavy atom. The van der Waals surface area contributed by atoms with Crippen molar-refractivity contribution in [3.05, 3.63) is 44.7 Å². The Hall–Kier alpha value is -1.61. The predicted molar refractivity (Wildman–Crippen MR) is 90.0 cm³/mol. The minimum Gasteiger partial charge on any atom is -0.358 e. The zero-order chi connectivity index (χ0) is 15.6. The molecule has 114 valence electrons. The minimum atomic E-state index is 0.174. The Morgan fingerprint density at radius 2 is 1.90 bits per heavy atom. The highest BCUT2D eigenvalue weighted by Gasteiger charge is 2.13. The van der Waals surface area contributed by atoms with E-state index in [1.165, 1.54) is 24.0 Å². The number of aryl methyl sites for hydroxylation is 3. The van der Waals surface area contributed by atoms with Crippen molar-refractivity contribution >= 4 is 10.9 Å². The monoisotopic (exact) mass is 286 g/mol. The number of aromatic amines is 1. The summed E-state index contributed by atoms with van der Waals surface area (Å²) in [6.45, 7) is 10.1. The largest absolute Gasteiger partial charge is 0.358 e. The van der Waals surface area contributed by atoms with E-state index >= 15 is 0 Å². The highest BCUT2D eigenvalue weighted by atomic mass is 16.1. The van der Waals surface area contributed by atoms with Crippen molar-refractivity contribution < 1.29 is 0 Å². The lowest BCUT2D eigenvalue weighted by atomic mass is 10.0. The average molecular weight is 286 g/mol. The van der Waals surface area contributed by atoms with Gasteiger partial charge in [0.15, 0.2) is 5.43 Å². The number of H-pyrrole nitrogens is 1. The van der Waals surface area contributed by atoms with Gasteiger partial charge in [-0.15, -0.1) is 0 Å². The summed E-state index contributed by atoms with van der Waals surface area (Å²) in [5.74, 6) is 0. The second-order valence-corrected chi connectivity index (χ2v) is 6.08. The summed E-state index contributed by atoms with van der Waals surface area (Å²) in [5.41, 5.74) is 5.42. The standard InChI is InChI=1S/C18H26N2O/c1-6-7-10-20(5)11-16-14(4)19-17-13(3)12(2)8-9-15(17)18(16)21/h8-9H,6-7,10-11H2,1-5H3,(H,19,21). The summed E-state index contributed by atoms with van der Waals surface area (Å²) in [4.78, 5) is 18.4. The van der Waals surface area contributed by atoms with E-state index in [-0.39, 0.29) is 5.43 Å². The number of nitrogens with zero attached hydrogens (tertiary/aromatic N) is 1. The number of pyridine rings is 1. The molecule has 0 aliphatic rings. The van der Waals surface area contributed by atoms with Crippen molar-refractivity contribution in [2.75, 3.05) is 13.6 Å². The molecule has 0 bridgehead atoms. The lowest BCUT2D eigenvalue weighted by Crippen LogP contribution is -2.25. The molecule has 0 fully saturated rings. The molecule has 3 nitrogen and oxygen atoms in total. The van der Waals surface area contributed by atoms with Crippen molar-refractivity contribution in [3.63, 3.8) is 0 Å². The molecule has 2 rings (SSSR count). The number of fused-ring (bicyclic) bond motifs is 1. The molecule has 0 saturated heterocycles. The van der Waals surface area contributed by atoms with Gasteiger partial charge in [-0.3, -0.25) is 4.79 Å². The van der Waals surface area contributed by atoms with Crippen LogP contribution in [-0.2, 0) is 6.54 Å². The fourth-order valence-corrected chi connectivity index (χ4v) is 2.73. The van der Waals surface area contributed by atoms with Gasteiger partial charge in [-0.25, -0.2) is 0 Å². The van der Waals surface area contributed by atoms with E-state index in [1.54, 1.807) is 0 Å². The fourth-order valence-electron chi connectivity index (χ4n) is 2.73. The van der Waals surface area contributed by atoms with E-state index in [9.17, 15) is 4.79 Å². The van der Waals surface area contributed by atoms with Crippen molar-refractivity contribution in [1.29, 1.82) is 0 Å². The first kappa shape index (κ1) is 15.8. The Morgan fingerprint density at radius 1 is 1.19 bits per heavy atom. The van der Waals surface area contributed by atoms with Crippen molar-refractivity contribution in [3.8, 4) is 0 Å². The molecular formula is C18H26N2O. The molecule has 0 aliphatic heterocycles. The van der Waals surface area contributed by atoms with Crippen molar-refractivity contribution in [1.82, 2.24) is 9.88 Å². The second kappa shape index (κ2) is 6.44. The Labute approximate surface area is 127 Å². The van der Waals surface area contributed by atoms with Gasteiger partial charge in [0.2, 0.25) is 0 Å². The van der Waals surface area contributed by atoms with Crippen LogP contribution in [0.2, 0.25) is 0 Å². The Balaban J connectivity index is 2.47. The molecule has 1 aromatic heterocycles. The first-order valence-corrected chi connectivity index (χ1v) is 7.76. The number of benzene rings is 1. The quantitative estimate of drug-likeness (QED) is 0.910. The van der Waals surface area contributed by atoms with E-state index < -0.39 is 0 Å². The van der Waals surface area contributed by atoms with E-state index in [0.717, 1.165) is 28.7 Å². The molecule has 1 heterocycles. The molecule has 2 aromatic rings. The Kier molecular flexibility index (Phi) is 4.84. The molecular weight excluding hydrogens is 260 g/mol. The van der Waals surface area contributed by atoms with E-state index in [1.807, 2.05) is 19.1 Å². The molecule has 21 heavy (non-hydrogen) atoms. The third-order valence-corrected chi connectivity index (χ3v) is 4.34. The van der Waals surface area contributed by atoms with E-state index in [4.69, 9.17) is 0 Å². The van der Waals surface area contributed by atoms with Gasteiger partial charge in [-0.2, -0.15) is 0 Å². The van der Waals surface area contributed by atoms with Gasteiger partial charge in [-0.1, -0.05) is 19.4 Å². The molecule has 0 spiro atoms. The summed E-state index contributed by atoms with van der Waals surface area (Å²) in [5, 5.41) is 0.808. The summed E-state index contributed by atoms with van der Waals surface area (Å²) in [7, 11) is 2.08. The fraction of sp³-hybridized carbons (Fsp3) is 0.500. The minimum absolute atomic E-state index is 0.174. The molecule has 1 N–H and O–H groups in total. The lowest BCUT2D eigenvalue weighted by Gasteiger charge is -2.18. The van der Waals surface area contributed by atoms with Crippen molar-refractivity contribution in [2.24, 2.45) is 0 Å². The maximum atomic E-state index is 12.8. The highest BCUT2D eigenvalue weighted by Crippen LogP contribution is 2.19. The van der Waals surface area contributed by atoms with Gasteiger partial charge in [-0.05, 0) is 58.0 Å². The van der Waals surface area contributed by atoms with Crippen LogP contribution in [0.25, 0.3) is 10.9 Å². The molecule has 0 aliphatic carbocycles. The first-order valence-electron chi connectivity index (χ1n) is 7.76. The van der Waals surface area contributed by atoms with Crippen molar-refractivity contribution in [2.45, 2.75) is 47.1 Å². The zero-order valence-electron chi connectivity index (χ0n) is 13.8. The van der Waals surface area contributed by atoms with Crippen LogP contribution >= 0.6 is 0 Å². The van der Waals surface area contributed by atoms with Gasteiger partial charge >= 0.3 is 0 Å². The summed E-state index contributed by atoms with van der Waals surface area (Å²) in [6.07, 6.45) is 2.34. The van der Waals surface area contributed by atoms with Crippen LogP contribution in [0.15, 0.2) is 16.9 Å². The van der Waals surface area contributed by atoms with E-state index in [0.29, 0.717) is 6.54 Å². The van der Waals surface area contributed by atoms with Gasteiger partial charge in [0.05, 0.1) is 5.52 Å². The molecule has 0 saturated carbocycles. The van der Waals surface area contributed by atoms with Crippen LogP contribution in [0.4, 0.5) is 0 Å². The van der Waals surface area contributed by atoms with Crippen LogP contribution in [0, 0.1) is 20.8 Å². The maximum Gasteiger partial charge on any atom is 0.194 e. The van der Waals surface area contributed by atoms with Gasteiger partial charge < -0.3 is 9.88 Å². The predicted octanol–water partition coefficient (Wildman–Crippen LogP) is 3.69. The second-order valence-electron chi connectivity index (χ2n) is 6.08. The smallest absolute Gasteiger partial charge is 0.194 e. The number of hydrogen-bond acceptors (Lipinski definition) is 2. The van der Waals surface area contributed by atoms with Crippen LogP contribution in [0.1, 0.15) is 42.1 Å². The van der Waals surface area contributed by atoms with Crippen LogP contribution in [-0.4, -0.2) is 23.5 Å². The summed E-state index contributed by atoms with van der Waals surface area (Å²) < 4.78 is 0. The van der Waals surface area contributed by atoms with Gasteiger partial charge in [0, 0.05) is 23.2 Å². The molecule has 0 amide bonds. The first-order chi connectivity index (χ1) is 9.95. The zero-order valence-corrected chi connectivity index (χ0v) is 13.8. The Bertz CT molecular complexity index is 700. The molecule has 0 radical (unpaired) electrons. The number of hydrogen-bond donors (Lipinski definition) is 1. The summed E-state index contributed by atoms with van der Waals surface area (Å²) >= 11 is 0. The van der Waals surface area contributed by atoms with E-state index in [2.05, 4.69) is 37.7 Å². The number of rotatable bonds is 5. The maximum absolute atomic E-state index is 12.8. The lowest BCUT2D eigenvalue weighted by molar-refractivity contribution is 0.319. The molecule has 1 aromatic carbocycles. The third-order valence-electron chi connectivity index (χ3n) is 4.34. The number of unbranched alkanes of at least 4 members (excludes halogenated alkanes) is 1. The van der Waals surface area contributed by atoms with Crippen LogP contribution < -0.4 is 5.43 Å². The summed E-state index contributed by atoms with van der Waals surface area (Å²) in [6, 6.07) is 3.98. The topological polar surface area (TPSA) is 36.1 Å². The molecule has 0 atom stereocenters. The number of aromatic nitrogens is 1. The number of nitrogens with one attached hydrogen (secondary N) is 1. The molecule has 0 unspecified atom stereocenters. The van der Waals surface area contributed by atoms with Crippen LogP contribution in [0.3, 0.4) is 0 Å². The molecule has 3 heteroatoms. The van der Waals surface area contributed by atoms with Gasteiger partial charge in [0.1, 0.15) is 0 Å². The third kappa shape index (κ3) is 3.18. The SMILES string of the molecule is CCCCN(C)Cc1c(C)[nH]c2c(C)c(C)ccc2c1=O.